The van der Waals surface area contributed by atoms with Crippen molar-refractivity contribution < 1.29 is 13.9 Å². The summed E-state index contributed by atoms with van der Waals surface area (Å²) in [5.74, 6) is -0.637. The fourth-order valence-electron chi connectivity index (χ4n) is 1.65. The van der Waals surface area contributed by atoms with E-state index in [9.17, 15) is 9.18 Å². The number of nitrogens with one attached hydrogen (secondary N) is 1. The lowest BCUT2D eigenvalue weighted by Gasteiger charge is -2.07. The highest BCUT2D eigenvalue weighted by Crippen LogP contribution is 2.21. The first kappa shape index (κ1) is 13.1. The molecule has 1 N–H and O–H groups in total. The van der Waals surface area contributed by atoms with E-state index in [1.165, 1.54) is 19.2 Å². The Kier molecular flexibility index (Phi) is 3.80. The fraction of sp³-hybridized carbons (Fsp3) is 0.133. The summed E-state index contributed by atoms with van der Waals surface area (Å²) in [5, 5.41) is 2.64. The van der Waals surface area contributed by atoms with Crippen LogP contribution in [0.2, 0.25) is 0 Å². The van der Waals surface area contributed by atoms with Crippen LogP contribution in [0.15, 0.2) is 42.5 Å². The Balaban J connectivity index is 2.14. The van der Waals surface area contributed by atoms with E-state index in [0.29, 0.717) is 11.3 Å². The molecule has 4 heteroatoms. The average molecular weight is 259 g/mol. The first-order valence-electron chi connectivity index (χ1n) is 5.81. The number of ether oxygens (including phenoxy) is 1. The molecule has 0 radical (unpaired) electrons. The number of hydrogen-bond acceptors (Lipinski definition) is 2. The Hall–Kier alpha value is -2.36. The first-order chi connectivity index (χ1) is 9.10. The van der Waals surface area contributed by atoms with E-state index in [2.05, 4.69) is 5.32 Å². The number of carbonyl (C=O) groups is 1. The summed E-state index contributed by atoms with van der Waals surface area (Å²) in [5.41, 5.74) is 2.00. The van der Waals surface area contributed by atoms with Gasteiger partial charge in [-0.25, -0.2) is 4.39 Å². The Morgan fingerprint density at radius 1 is 1.16 bits per heavy atom. The summed E-state index contributed by atoms with van der Waals surface area (Å²) in [6, 6.07) is 11.4. The van der Waals surface area contributed by atoms with Crippen LogP contribution in [0, 0.1) is 12.7 Å². The van der Waals surface area contributed by atoms with Crippen LogP contribution in [0.1, 0.15) is 15.9 Å². The van der Waals surface area contributed by atoms with Crippen LogP contribution in [-0.4, -0.2) is 13.0 Å². The van der Waals surface area contributed by atoms with Crippen molar-refractivity contribution >= 4 is 11.6 Å². The van der Waals surface area contributed by atoms with Gasteiger partial charge in [0.05, 0.1) is 7.11 Å². The normalized spacial score (nSPS) is 10.1. The molecule has 0 aromatic heterocycles. The molecular weight excluding hydrogens is 245 g/mol. The molecule has 98 valence electrons. The number of aryl methyl sites for hydroxylation is 1. The molecular formula is C15H14FNO2. The number of carbonyl (C=O) groups excluding carboxylic acids is 1. The molecule has 2 aromatic rings. The number of methoxy groups -OCH3 is 1. The van der Waals surface area contributed by atoms with E-state index >= 15 is 0 Å². The second-order valence-corrected chi connectivity index (χ2v) is 4.17. The highest BCUT2D eigenvalue weighted by molar-refractivity contribution is 6.04. The van der Waals surface area contributed by atoms with Gasteiger partial charge in [0.15, 0.2) is 11.6 Å². The van der Waals surface area contributed by atoms with Crippen LogP contribution >= 0.6 is 0 Å². The van der Waals surface area contributed by atoms with Gasteiger partial charge in [0.25, 0.3) is 5.91 Å². The van der Waals surface area contributed by atoms with E-state index in [4.69, 9.17) is 4.74 Å². The maximum absolute atomic E-state index is 13.5. The van der Waals surface area contributed by atoms with Crippen LogP contribution in [0.3, 0.4) is 0 Å². The molecule has 0 heterocycles. The molecule has 0 spiro atoms. The minimum absolute atomic E-state index is 0.147. The Morgan fingerprint density at radius 3 is 2.42 bits per heavy atom. The number of amides is 1. The maximum Gasteiger partial charge on any atom is 0.255 e. The molecule has 3 nitrogen and oxygen atoms in total. The summed E-state index contributed by atoms with van der Waals surface area (Å²) >= 11 is 0. The largest absolute Gasteiger partial charge is 0.494 e. The lowest BCUT2D eigenvalue weighted by Crippen LogP contribution is -2.11. The number of benzene rings is 2. The number of hydrogen-bond donors (Lipinski definition) is 1. The van der Waals surface area contributed by atoms with Crippen molar-refractivity contribution in [1.29, 1.82) is 0 Å². The smallest absolute Gasteiger partial charge is 0.255 e. The molecule has 0 unspecified atom stereocenters. The number of halogens is 1. The second kappa shape index (κ2) is 5.52. The number of anilines is 1. The third-order valence-electron chi connectivity index (χ3n) is 2.72. The standard InChI is InChI=1S/C15H14FNO2/c1-10-3-5-11(6-4-10)15(18)17-12-7-8-14(19-2)13(16)9-12/h3-9H,1-2H3,(H,17,18). The van der Waals surface area contributed by atoms with E-state index in [0.717, 1.165) is 5.56 Å². The van der Waals surface area contributed by atoms with Gasteiger partial charge in [-0.2, -0.15) is 0 Å². The maximum atomic E-state index is 13.5. The zero-order valence-corrected chi connectivity index (χ0v) is 10.7. The number of rotatable bonds is 3. The van der Waals surface area contributed by atoms with Crippen LogP contribution in [0.4, 0.5) is 10.1 Å². The van der Waals surface area contributed by atoms with Gasteiger partial charge in [0, 0.05) is 17.3 Å². The van der Waals surface area contributed by atoms with Gasteiger partial charge in [-0.15, -0.1) is 0 Å². The molecule has 0 aliphatic rings. The highest BCUT2D eigenvalue weighted by atomic mass is 19.1. The summed E-state index contributed by atoms with van der Waals surface area (Å²) < 4.78 is 18.3. The Morgan fingerprint density at radius 2 is 1.84 bits per heavy atom. The van der Waals surface area contributed by atoms with Gasteiger partial charge >= 0.3 is 0 Å². The fourth-order valence-corrected chi connectivity index (χ4v) is 1.65. The molecule has 0 aliphatic carbocycles. The summed E-state index contributed by atoms with van der Waals surface area (Å²) in [7, 11) is 1.39. The van der Waals surface area contributed by atoms with Crippen molar-refractivity contribution in [2.75, 3.05) is 12.4 Å². The molecule has 2 rings (SSSR count). The molecule has 1 amide bonds. The lowest BCUT2D eigenvalue weighted by atomic mass is 10.1. The van der Waals surface area contributed by atoms with E-state index < -0.39 is 5.82 Å². The van der Waals surface area contributed by atoms with Gasteiger partial charge in [-0.05, 0) is 31.2 Å². The van der Waals surface area contributed by atoms with Gasteiger partial charge in [0.2, 0.25) is 0 Å². The third-order valence-corrected chi connectivity index (χ3v) is 2.72. The van der Waals surface area contributed by atoms with Crippen LogP contribution in [0.5, 0.6) is 5.75 Å². The quantitative estimate of drug-likeness (QED) is 0.917. The molecule has 0 saturated heterocycles. The highest BCUT2D eigenvalue weighted by Gasteiger charge is 2.08. The van der Waals surface area contributed by atoms with Gasteiger partial charge < -0.3 is 10.1 Å². The van der Waals surface area contributed by atoms with E-state index in [1.807, 2.05) is 19.1 Å². The van der Waals surface area contributed by atoms with Crippen LogP contribution in [-0.2, 0) is 0 Å². The summed E-state index contributed by atoms with van der Waals surface area (Å²) in [6.07, 6.45) is 0. The minimum Gasteiger partial charge on any atom is -0.494 e. The Bertz CT molecular complexity index is 594. The molecule has 2 aromatic carbocycles. The van der Waals surface area contributed by atoms with Gasteiger partial charge in [0.1, 0.15) is 0 Å². The minimum atomic E-state index is -0.510. The van der Waals surface area contributed by atoms with Crippen LogP contribution < -0.4 is 10.1 Å². The van der Waals surface area contributed by atoms with Crippen molar-refractivity contribution in [1.82, 2.24) is 0 Å². The molecule has 0 aliphatic heterocycles. The second-order valence-electron chi connectivity index (χ2n) is 4.17. The molecule has 19 heavy (non-hydrogen) atoms. The van der Waals surface area contributed by atoms with Crippen LogP contribution in [0.25, 0.3) is 0 Å². The van der Waals surface area contributed by atoms with Crippen molar-refractivity contribution in [3.05, 3.63) is 59.4 Å². The van der Waals surface area contributed by atoms with Crippen molar-refractivity contribution in [3.63, 3.8) is 0 Å². The summed E-state index contributed by atoms with van der Waals surface area (Å²) in [6.45, 7) is 1.94. The van der Waals surface area contributed by atoms with E-state index in [-0.39, 0.29) is 11.7 Å². The topological polar surface area (TPSA) is 38.3 Å². The predicted molar refractivity (Wildman–Crippen MR) is 72.1 cm³/mol. The monoisotopic (exact) mass is 259 g/mol. The Labute approximate surface area is 111 Å². The molecule has 0 saturated carbocycles. The molecule has 0 fully saturated rings. The van der Waals surface area contributed by atoms with Gasteiger partial charge in [-0.3, -0.25) is 4.79 Å². The lowest BCUT2D eigenvalue weighted by molar-refractivity contribution is 0.102. The SMILES string of the molecule is COc1ccc(NC(=O)c2ccc(C)cc2)cc1F. The van der Waals surface area contributed by atoms with E-state index in [1.54, 1.807) is 18.2 Å². The average Bonchev–Trinajstić information content (AvgIpc) is 2.39. The van der Waals surface area contributed by atoms with Crippen molar-refractivity contribution in [3.8, 4) is 5.75 Å². The molecule has 0 bridgehead atoms. The van der Waals surface area contributed by atoms with Crippen molar-refractivity contribution in [2.24, 2.45) is 0 Å². The predicted octanol–water partition coefficient (Wildman–Crippen LogP) is 3.40. The van der Waals surface area contributed by atoms with Gasteiger partial charge in [-0.1, -0.05) is 17.7 Å². The third kappa shape index (κ3) is 3.10. The molecule has 0 atom stereocenters. The van der Waals surface area contributed by atoms with Crippen molar-refractivity contribution in [2.45, 2.75) is 6.92 Å². The zero-order chi connectivity index (χ0) is 13.8. The summed E-state index contributed by atoms with van der Waals surface area (Å²) in [4.78, 5) is 11.9. The zero-order valence-electron chi connectivity index (χ0n) is 10.7. The first-order valence-corrected chi connectivity index (χ1v) is 5.81.